The van der Waals surface area contributed by atoms with Crippen molar-refractivity contribution in [1.82, 2.24) is 10.3 Å². The summed E-state index contributed by atoms with van der Waals surface area (Å²) in [4.78, 5) is 15.7. The second-order valence-electron chi connectivity index (χ2n) is 3.57. The van der Waals surface area contributed by atoms with Crippen LogP contribution in [0.15, 0.2) is 18.3 Å². The average Bonchev–Trinajstić information content (AvgIpc) is 2.34. The van der Waals surface area contributed by atoms with Crippen molar-refractivity contribution < 1.29 is 9.00 Å². The van der Waals surface area contributed by atoms with Crippen molar-refractivity contribution in [3.63, 3.8) is 0 Å². The third-order valence-electron chi connectivity index (χ3n) is 2.18. The van der Waals surface area contributed by atoms with Gasteiger partial charge in [0.2, 0.25) is 0 Å². The summed E-state index contributed by atoms with van der Waals surface area (Å²) in [6.07, 6.45) is 3.90. The monoisotopic (exact) mass is 255 g/mol. The smallest absolute Gasteiger partial charge is 0.252 e. The highest BCUT2D eigenvalue weighted by Gasteiger charge is 2.04. The summed E-state index contributed by atoms with van der Waals surface area (Å²) < 4.78 is 10.8. The van der Waals surface area contributed by atoms with Crippen LogP contribution < -0.4 is 10.6 Å². The number of nitrogens with one attached hydrogen (secondary N) is 2. The molecular weight excluding hydrogens is 238 g/mol. The van der Waals surface area contributed by atoms with Crippen LogP contribution in [0.3, 0.4) is 0 Å². The van der Waals surface area contributed by atoms with Crippen molar-refractivity contribution in [2.24, 2.45) is 0 Å². The Morgan fingerprint density at radius 2 is 2.24 bits per heavy atom. The standard InChI is InChI=1S/C11H17N3O2S/c1-12-10-5-4-9(8-14-10)11(15)13-6-3-7-17(2)16/h4-5,8H,3,6-7H2,1-2H3,(H,12,14)(H,13,15). The molecule has 1 unspecified atom stereocenters. The fraction of sp³-hybridized carbons (Fsp3) is 0.455. The molecular formula is C11H17N3O2S. The van der Waals surface area contributed by atoms with Crippen LogP contribution in [0.2, 0.25) is 0 Å². The zero-order valence-electron chi connectivity index (χ0n) is 10.0. The molecule has 0 saturated heterocycles. The summed E-state index contributed by atoms with van der Waals surface area (Å²) in [5.41, 5.74) is 0.529. The van der Waals surface area contributed by atoms with Gasteiger partial charge in [-0.25, -0.2) is 4.98 Å². The SMILES string of the molecule is CNc1ccc(C(=O)NCCCS(C)=O)cn1. The summed E-state index contributed by atoms with van der Waals surface area (Å²) in [7, 11) is 0.970. The number of amides is 1. The van der Waals surface area contributed by atoms with Gasteiger partial charge < -0.3 is 10.6 Å². The summed E-state index contributed by atoms with van der Waals surface area (Å²) >= 11 is 0. The number of nitrogens with zero attached hydrogens (tertiary/aromatic N) is 1. The number of hydrogen-bond acceptors (Lipinski definition) is 4. The summed E-state index contributed by atoms with van der Waals surface area (Å²) in [5, 5.41) is 5.64. The largest absolute Gasteiger partial charge is 0.373 e. The minimum absolute atomic E-state index is 0.151. The molecule has 1 aromatic rings. The molecule has 0 saturated carbocycles. The van der Waals surface area contributed by atoms with E-state index in [0.717, 1.165) is 12.2 Å². The molecule has 0 aromatic carbocycles. The molecule has 1 heterocycles. The predicted octanol–water partition coefficient (Wildman–Crippen LogP) is 0.622. The Hall–Kier alpha value is -1.43. The molecule has 0 aliphatic heterocycles. The van der Waals surface area contributed by atoms with Crippen molar-refractivity contribution in [1.29, 1.82) is 0 Å². The van der Waals surface area contributed by atoms with E-state index in [1.54, 1.807) is 25.4 Å². The fourth-order valence-electron chi connectivity index (χ4n) is 1.26. The van der Waals surface area contributed by atoms with Crippen LogP contribution in [-0.2, 0) is 10.8 Å². The first-order chi connectivity index (χ1) is 8.13. The Labute approximate surface area is 103 Å². The Bertz CT molecular complexity index is 392. The van der Waals surface area contributed by atoms with Gasteiger partial charge in [0.05, 0.1) is 5.56 Å². The third kappa shape index (κ3) is 4.95. The van der Waals surface area contributed by atoms with E-state index >= 15 is 0 Å². The van der Waals surface area contributed by atoms with E-state index in [2.05, 4.69) is 15.6 Å². The number of carbonyl (C=O) groups is 1. The Kier molecular flexibility index (Phi) is 5.62. The molecule has 0 spiro atoms. The van der Waals surface area contributed by atoms with Gasteiger partial charge in [-0.1, -0.05) is 0 Å². The Morgan fingerprint density at radius 1 is 1.47 bits per heavy atom. The molecule has 0 bridgehead atoms. The first-order valence-electron chi connectivity index (χ1n) is 5.35. The lowest BCUT2D eigenvalue weighted by Crippen LogP contribution is -2.25. The lowest BCUT2D eigenvalue weighted by molar-refractivity contribution is 0.0953. The van der Waals surface area contributed by atoms with E-state index in [0.29, 0.717) is 17.9 Å². The van der Waals surface area contributed by atoms with Gasteiger partial charge in [-0.15, -0.1) is 0 Å². The molecule has 17 heavy (non-hydrogen) atoms. The van der Waals surface area contributed by atoms with Crippen molar-refractivity contribution >= 4 is 22.5 Å². The summed E-state index contributed by atoms with van der Waals surface area (Å²) in [5.74, 6) is 1.18. The molecule has 1 rings (SSSR count). The first-order valence-corrected chi connectivity index (χ1v) is 7.08. The number of aromatic nitrogens is 1. The molecule has 0 aliphatic rings. The van der Waals surface area contributed by atoms with E-state index < -0.39 is 10.8 Å². The number of rotatable bonds is 6. The molecule has 0 fully saturated rings. The van der Waals surface area contributed by atoms with Crippen LogP contribution in [0.4, 0.5) is 5.82 Å². The number of pyridine rings is 1. The van der Waals surface area contributed by atoms with Crippen LogP contribution in [-0.4, -0.2) is 40.7 Å². The molecule has 94 valence electrons. The van der Waals surface area contributed by atoms with Crippen molar-refractivity contribution in [3.8, 4) is 0 Å². The molecule has 0 radical (unpaired) electrons. The van der Waals surface area contributed by atoms with Crippen LogP contribution in [0.5, 0.6) is 0 Å². The van der Waals surface area contributed by atoms with Gasteiger partial charge in [0.15, 0.2) is 0 Å². The van der Waals surface area contributed by atoms with Crippen LogP contribution in [0, 0.1) is 0 Å². The van der Waals surface area contributed by atoms with E-state index in [1.165, 1.54) is 6.20 Å². The molecule has 1 amide bonds. The van der Waals surface area contributed by atoms with E-state index in [-0.39, 0.29) is 5.91 Å². The van der Waals surface area contributed by atoms with Gasteiger partial charge in [-0.3, -0.25) is 9.00 Å². The molecule has 1 atom stereocenters. The van der Waals surface area contributed by atoms with Crippen LogP contribution in [0.1, 0.15) is 16.8 Å². The van der Waals surface area contributed by atoms with Crippen molar-refractivity contribution in [2.45, 2.75) is 6.42 Å². The average molecular weight is 255 g/mol. The predicted molar refractivity (Wildman–Crippen MR) is 69.7 cm³/mol. The molecule has 1 aromatic heterocycles. The van der Waals surface area contributed by atoms with Gasteiger partial charge in [0, 0.05) is 42.6 Å². The maximum Gasteiger partial charge on any atom is 0.252 e. The second kappa shape index (κ2) is 7.01. The van der Waals surface area contributed by atoms with Crippen LogP contribution in [0.25, 0.3) is 0 Å². The van der Waals surface area contributed by atoms with E-state index in [4.69, 9.17) is 0 Å². The van der Waals surface area contributed by atoms with E-state index in [1.807, 2.05) is 0 Å². The fourth-order valence-corrected chi connectivity index (χ4v) is 1.81. The maximum atomic E-state index is 11.6. The van der Waals surface area contributed by atoms with Crippen molar-refractivity contribution in [3.05, 3.63) is 23.9 Å². The normalized spacial score (nSPS) is 11.9. The minimum Gasteiger partial charge on any atom is -0.373 e. The summed E-state index contributed by atoms with van der Waals surface area (Å²) in [6.45, 7) is 0.534. The highest BCUT2D eigenvalue weighted by molar-refractivity contribution is 7.84. The zero-order chi connectivity index (χ0) is 12.7. The van der Waals surface area contributed by atoms with Gasteiger partial charge in [-0.05, 0) is 18.6 Å². The zero-order valence-corrected chi connectivity index (χ0v) is 10.8. The molecule has 0 aliphatic carbocycles. The van der Waals surface area contributed by atoms with Crippen LogP contribution >= 0.6 is 0 Å². The summed E-state index contributed by atoms with van der Waals surface area (Å²) in [6, 6.07) is 3.46. The lowest BCUT2D eigenvalue weighted by Gasteiger charge is -2.05. The topological polar surface area (TPSA) is 71.1 Å². The second-order valence-corrected chi connectivity index (χ2v) is 5.12. The van der Waals surface area contributed by atoms with Gasteiger partial charge >= 0.3 is 0 Å². The van der Waals surface area contributed by atoms with Gasteiger partial charge in [0.25, 0.3) is 5.91 Å². The minimum atomic E-state index is -0.801. The highest BCUT2D eigenvalue weighted by Crippen LogP contribution is 2.03. The quantitative estimate of drug-likeness (QED) is 0.731. The number of hydrogen-bond donors (Lipinski definition) is 2. The third-order valence-corrected chi connectivity index (χ3v) is 3.04. The number of carbonyl (C=O) groups excluding carboxylic acids is 1. The highest BCUT2D eigenvalue weighted by atomic mass is 32.2. The van der Waals surface area contributed by atoms with Gasteiger partial charge in [0.1, 0.15) is 5.82 Å². The maximum absolute atomic E-state index is 11.6. The Balaban J connectivity index is 2.38. The molecule has 2 N–H and O–H groups in total. The van der Waals surface area contributed by atoms with E-state index in [9.17, 15) is 9.00 Å². The van der Waals surface area contributed by atoms with Crippen molar-refractivity contribution in [2.75, 3.05) is 30.9 Å². The first kappa shape index (κ1) is 13.6. The van der Waals surface area contributed by atoms with Gasteiger partial charge in [-0.2, -0.15) is 0 Å². The molecule has 6 heteroatoms. The Morgan fingerprint density at radius 3 is 2.76 bits per heavy atom. The lowest BCUT2D eigenvalue weighted by atomic mass is 10.2. The number of anilines is 1. The molecule has 5 nitrogen and oxygen atoms in total.